The van der Waals surface area contributed by atoms with Gasteiger partial charge in [-0.15, -0.1) is 0 Å². The summed E-state index contributed by atoms with van der Waals surface area (Å²) in [7, 11) is 0. The van der Waals surface area contributed by atoms with E-state index < -0.39 is 24.3 Å². The molecule has 0 saturated carbocycles. The van der Waals surface area contributed by atoms with E-state index in [-0.39, 0.29) is 0 Å². The molecule has 3 aliphatic rings. The molecule has 8 rings (SSSR count). The minimum atomic E-state index is -5.19. The number of carboxylic acid groups (broad SMARTS) is 2. The van der Waals surface area contributed by atoms with Crippen LogP contribution in [0.25, 0.3) is 21.8 Å². The molecule has 5 heterocycles. The molecule has 0 atom stereocenters. The third-order valence-electron chi connectivity index (χ3n) is 7.64. The minimum absolute atomic E-state index is 0.752. The summed E-state index contributed by atoms with van der Waals surface area (Å²) in [5.41, 5.74) is 7.08. The van der Waals surface area contributed by atoms with E-state index in [1.165, 1.54) is 21.9 Å². The van der Waals surface area contributed by atoms with Crippen molar-refractivity contribution in [3.05, 3.63) is 106 Å². The lowest BCUT2D eigenvalue weighted by molar-refractivity contribution is -0.662. The fourth-order valence-electron chi connectivity index (χ4n) is 5.21. The number of benzene rings is 3. The van der Waals surface area contributed by atoms with Crippen molar-refractivity contribution in [2.45, 2.75) is 44.7 Å². The van der Waals surface area contributed by atoms with Crippen molar-refractivity contribution in [2.24, 2.45) is 0 Å². The number of carbonyl (C=O) groups is 2. The predicted octanol–water partition coefficient (Wildman–Crippen LogP) is 5.58. The average Bonchev–Trinajstić information content (AvgIpc) is 3.06. The molecule has 0 radical (unpaired) electrons. The van der Waals surface area contributed by atoms with E-state index in [2.05, 4.69) is 92.8 Å². The molecule has 5 aromatic rings. The van der Waals surface area contributed by atoms with Gasteiger partial charge in [0.2, 0.25) is 11.0 Å². The number of hydrogen-bond acceptors (Lipinski definition) is 6. The van der Waals surface area contributed by atoms with Crippen molar-refractivity contribution in [1.82, 2.24) is 0 Å². The van der Waals surface area contributed by atoms with E-state index >= 15 is 0 Å². The lowest BCUT2D eigenvalue weighted by atomic mass is 10.1. The van der Waals surface area contributed by atoms with Crippen LogP contribution in [0.5, 0.6) is 0 Å². The Balaban J connectivity index is 0.000000353. The molecule has 16 heteroatoms. The Bertz CT molecular complexity index is 1870. The fourth-order valence-corrected chi connectivity index (χ4v) is 5.54. The lowest BCUT2D eigenvalue weighted by Crippen LogP contribution is -2.37. The molecule has 0 amide bonds. The molecule has 0 unspecified atom stereocenters. The summed E-state index contributed by atoms with van der Waals surface area (Å²) in [5, 5.41) is 28.8. The molecule has 270 valence electrons. The van der Waals surface area contributed by atoms with Crippen LogP contribution >= 0.6 is 23.2 Å². The van der Waals surface area contributed by atoms with Crippen molar-refractivity contribution in [1.29, 1.82) is 0 Å². The maximum Gasteiger partial charge on any atom is 0.430 e. The molecule has 3 aliphatic heterocycles. The highest BCUT2D eigenvalue weighted by Crippen LogP contribution is 2.26. The summed E-state index contributed by atoms with van der Waals surface area (Å²) in [6, 6.07) is 25.6. The van der Waals surface area contributed by atoms with Crippen molar-refractivity contribution in [3.8, 4) is 0 Å². The number of rotatable bonds is 0. The number of pyridine rings is 2. The Morgan fingerprint density at radius 2 is 0.941 bits per heavy atom. The van der Waals surface area contributed by atoms with Gasteiger partial charge in [-0.1, -0.05) is 47.5 Å². The second-order valence-corrected chi connectivity index (χ2v) is 12.2. The van der Waals surface area contributed by atoms with Crippen molar-refractivity contribution in [3.63, 3.8) is 0 Å². The van der Waals surface area contributed by atoms with Crippen molar-refractivity contribution >= 4 is 68.3 Å². The minimum Gasteiger partial charge on any atom is -0.542 e. The molecule has 0 aliphatic carbocycles. The van der Waals surface area contributed by atoms with E-state index in [0.29, 0.717) is 0 Å². The van der Waals surface area contributed by atoms with Crippen LogP contribution in [0.4, 0.5) is 37.7 Å². The molecular weight excluding hydrogens is 725 g/mol. The van der Waals surface area contributed by atoms with E-state index in [9.17, 15) is 26.3 Å². The van der Waals surface area contributed by atoms with Crippen LogP contribution in [-0.2, 0) is 22.7 Å². The van der Waals surface area contributed by atoms with Gasteiger partial charge >= 0.3 is 12.4 Å². The van der Waals surface area contributed by atoms with Crippen molar-refractivity contribution < 1.29 is 55.3 Å². The number of aromatic nitrogens is 2. The standard InChI is InChI=1S/C31H28Cl2N4.2C2HF3O2/c32-24-8-10-26-28-12-16-36(30(26)18-24)20-22-4-6-23(7-5-22)21-37-17-13-29(35-15-3-1-2-14-34-28)27-11-9-25(33)19-31(27)37;2*3-2(4,5)1(6)7/h4-13,16-19H,1-3,14-15,20-21H2;2*(H,6,7). The average molecular weight is 756 g/mol. The lowest BCUT2D eigenvalue weighted by Gasteiger charge is -2.11. The summed E-state index contributed by atoms with van der Waals surface area (Å²) in [6.07, 6.45) is -2.68. The summed E-state index contributed by atoms with van der Waals surface area (Å²) < 4.78 is 67.6. The van der Waals surface area contributed by atoms with E-state index in [1.54, 1.807) is 0 Å². The quantitative estimate of drug-likeness (QED) is 0.158. The Kier molecular flexibility index (Phi) is 12.9. The first-order chi connectivity index (χ1) is 24.0. The van der Waals surface area contributed by atoms with E-state index in [4.69, 9.17) is 43.0 Å². The van der Waals surface area contributed by atoms with Crippen LogP contribution in [0.2, 0.25) is 10.0 Å². The zero-order valence-electron chi connectivity index (χ0n) is 26.6. The van der Waals surface area contributed by atoms with Gasteiger partial charge in [-0.05, 0) is 43.5 Å². The number of nitrogens with one attached hydrogen (secondary N) is 2. The first kappa shape index (κ1) is 39.0. The third kappa shape index (κ3) is 11.1. The van der Waals surface area contributed by atoms with Crippen LogP contribution in [0, 0.1) is 0 Å². The normalized spacial score (nSPS) is 13.6. The number of aliphatic carboxylic acids is 2. The largest absolute Gasteiger partial charge is 0.542 e. The molecular formula is C35H30Cl2F6N4O4. The highest BCUT2D eigenvalue weighted by Gasteiger charge is 2.29. The maximum absolute atomic E-state index is 10.5. The van der Waals surface area contributed by atoms with Gasteiger partial charge in [0, 0.05) is 58.5 Å². The number of nitrogens with zero attached hydrogens (tertiary/aromatic N) is 2. The number of anilines is 2. The number of carbonyl (C=O) groups excluding carboxylic acids is 2. The van der Waals surface area contributed by atoms with Gasteiger partial charge in [0.05, 0.1) is 22.1 Å². The van der Waals surface area contributed by atoms with Crippen LogP contribution in [-0.4, -0.2) is 37.4 Å². The van der Waals surface area contributed by atoms with Gasteiger partial charge < -0.3 is 30.4 Å². The third-order valence-corrected chi connectivity index (χ3v) is 8.11. The first-order valence-electron chi connectivity index (χ1n) is 15.4. The topological polar surface area (TPSA) is 112 Å². The van der Waals surface area contributed by atoms with Gasteiger partial charge in [0.25, 0.3) is 0 Å². The summed E-state index contributed by atoms with van der Waals surface area (Å²) in [5.74, 6) is -6.01. The van der Waals surface area contributed by atoms with Gasteiger partial charge in [-0.2, -0.15) is 35.5 Å². The molecule has 8 nitrogen and oxygen atoms in total. The van der Waals surface area contributed by atoms with E-state index in [1.807, 2.05) is 12.1 Å². The first-order valence-corrected chi connectivity index (χ1v) is 16.1. The van der Waals surface area contributed by atoms with Crippen LogP contribution in [0.1, 0.15) is 30.4 Å². The molecule has 51 heavy (non-hydrogen) atoms. The fraction of sp³-hybridized carbons (Fsp3) is 0.257. The smallest absolute Gasteiger partial charge is 0.430 e. The predicted molar refractivity (Wildman–Crippen MR) is 176 cm³/mol. The van der Waals surface area contributed by atoms with E-state index in [0.717, 1.165) is 77.9 Å². The second kappa shape index (κ2) is 16.9. The van der Waals surface area contributed by atoms with Gasteiger partial charge in [0.15, 0.2) is 25.5 Å². The SMILES string of the molecule is Clc1ccc2c3cc[n+](c2c1)Cc1ccc(cc1)C[n+]1ccc(c2ccc(Cl)cc21)NCCCCCN3.O=C([O-])C(F)(F)F.O=C([O-])C(F)(F)F. The molecule has 2 N–H and O–H groups in total. The number of halogens is 8. The Morgan fingerprint density at radius 3 is 1.27 bits per heavy atom. The number of alkyl halides is 6. The van der Waals surface area contributed by atoms with Gasteiger partial charge in [-0.25, -0.2) is 0 Å². The zero-order valence-corrected chi connectivity index (χ0v) is 28.1. The zero-order chi connectivity index (χ0) is 37.3. The monoisotopic (exact) mass is 754 g/mol. The number of hydrogen-bond donors (Lipinski definition) is 2. The molecule has 3 aromatic carbocycles. The maximum atomic E-state index is 10.5. The summed E-state index contributed by atoms with van der Waals surface area (Å²) in [4.78, 5) is 17.6. The Labute approximate surface area is 297 Å². The molecule has 6 bridgehead atoms. The summed E-state index contributed by atoms with van der Waals surface area (Å²) >= 11 is 12.8. The highest BCUT2D eigenvalue weighted by molar-refractivity contribution is 6.31. The summed E-state index contributed by atoms with van der Waals surface area (Å²) in [6.45, 7) is 3.44. The van der Waals surface area contributed by atoms with Gasteiger partial charge in [0.1, 0.15) is 11.9 Å². The molecule has 0 saturated heterocycles. The molecule has 2 aromatic heterocycles. The van der Waals surface area contributed by atoms with Crippen LogP contribution in [0.15, 0.2) is 85.2 Å². The number of carboxylic acids is 2. The molecule has 0 spiro atoms. The second-order valence-electron chi connectivity index (χ2n) is 11.3. The van der Waals surface area contributed by atoms with Crippen molar-refractivity contribution in [2.75, 3.05) is 23.7 Å². The molecule has 0 fully saturated rings. The Hall–Kier alpha value is -4.82. The van der Waals surface area contributed by atoms with Crippen LogP contribution in [0.3, 0.4) is 0 Å². The Morgan fingerprint density at radius 1 is 0.588 bits per heavy atom. The van der Waals surface area contributed by atoms with Crippen LogP contribution < -0.4 is 30.0 Å². The van der Waals surface area contributed by atoms with Gasteiger partial charge in [-0.3, -0.25) is 0 Å². The number of fused-ring (bicyclic) bond motifs is 2. The highest BCUT2D eigenvalue weighted by atomic mass is 35.5.